The molecule has 1 saturated carbocycles. The highest BCUT2D eigenvalue weighted by Crippen LogP contribution is 2.23. The highest BCUT2D eigenvalue weighted by atomic mass is 32.1. The van der Waals surface area contributed by atoms with Crippen molar-refractivity contribution in [3.8, 4) is 5.75 Å². The van der Waals surface area contributed by atoms with E-state index >= 15 is 0 Å². The average Bonchev–Trinajstić information content (AvgIpc) is 2.59. The fraction of sp³-hybridized carbons (Fsp3) is 0.471. The van der Waals surface area contributed by atoms with Crippen LogP contribution in [-0.2, 0) is 9.59 Å². The summed E-state index contributed by atoms with van der Waals surface area (Å²) in [6.45, 7) is 1.79. The number of carbonyl (C=O) groups excluding carboxylic acids is 2. The van der Waals surface area contributed by atoms with Crippen LogP contribution in [0.2, 0.25) is 0 Å². The maximum absolute atomic E-state index is 12.0. The molecule has 130 valence electrons. The number of aryl methyl sites for hydroxylation is 1. The van der Waals surface area contributed by atoms with Crippen LogP contribution in [0.15, 0.2) is 24.3 Å². The number of hydrogen-bond acceptors (Lipinski definition) is 4. The molecule has 1 aliphatic rings. The number of nitrogens with one attached hydrogen (secondary N) is 3. The van der Waals surface area contributed by atoms with Gasteiger partial charge in [-0.25, -0.2) is 0 Å². The molecule has 2 rings (SSSR count). The van der Waals surface area contributed by atoms with Crippen molar-refractivity contribution in [2.24, 2.45) is 5.92 Å². The number of rotatable bonds is 4. The third-order valence-electron chi connectivity index (χ3n) is 3.89. The van der Waals surface area contributed by atoms with Gasteiger partial charge in [-0.15, -0.1) is 0 Å². The Balaban J connectivity index is 1.66. The normalized spacial score (nSPS) is 14.5. The lowest BCUT2D eigenvalue weighted by Crippen LogP contribution is -2.51. The number of benzene rings is 1. The van der Waals surface area contributed by atoms with Gasteiger partial charge in [-0.1, -0.05) is 31.4 Å². The van der Waals surface area contributed by atoms with Crippen LogP contribution in [0.4, 0.5) is 0 Å². The van der Waals surface area contributed by atoms with Crippen LogP contribution in [0.1, 0.15) is 37.7 Å². The maximum atomic E-state index is 12.0. The molecule has 1 aromatic carbocycles. The first-order chi connectivity index (χ1) is 11.5. The van der Waals surface area contributed by atoms with Crippen LogP contribution < -0.4 is 20.9 Å². The molecule has 0 aromatic heterocycles. The highest BCUT2D eigenvalue weighted by molar-refractivity contribution is 7.80. The predicted molar refractivity (Wildman–Crippen MR) is 95.3 cm³/mol. The van der Waals surface area contributed by atoms with Crippen molar-refractivity contribution in [2.75, 3.05) is 6.61 Å². The van der Waals surface area contributed by atoms with Gasteiger partial charge in [-0.05, 0) is 49.7 Å². The monoisotopic (exact) mass is 349 g/mol. The van der Waals surface area contributed by atoms with Gasteiger partial charge >= 0.3 is 0 Å². The number of carbonyl (C=O) groups is 2. The van der Waals surface area contributed by atoms with Crippen molar-refractivity contribution in [1.29, 1.82) is 0 Å². The first-order valence-electron chi connectivity index (χ1n) is 8.14. The van der Waals surface area contributed by atoms with Gasteiger partial charge in [0.1, 0.15) is 5.75 Å². The van der Waals surface area contributed by atoms with E-state index in [1.54, 1.807) is 6.07 Å². The molecule has 1 fully saturated rings. The van der Waals surface area contributed by atoms with E-state index < -0.39 is 0 Å². The first kappa shape index (κ1) is 18.2. The van der Waals surface area contributed by atoms with Crippen molar-refractivity contribution < 1.29 is 14.3 Å². The lowest BCUT2D eigenvalue weighted by atomic mass is 9.89. The predicted octanol–water partition coefficient (Wildman–Crippen LogP) is 1.98. The van der Waals surface area contributed by atoms with Crippen LogP contribution in [-0.4, -0.2) is 23.5 Å². The minimum Gasteiger partial charge on any atom is -0.484 e. The van der Waals surface area contributed by atoms with E-state index in [0.29, 0.717) is 5.75 Å². The number of amides is 2. The zero-order valence-electron chi connectivity index (χ0n) is 13.8. The van der Waals surface area contributed by atoms with Crippen LogP contribution in [0, 0.1) is 12.8 Å². The SMILES string of the molecule is Cc1cccc(OCC(=O)NC(=S)NNC(=O)C2CCCCC2)c1. The van der Waals surface area contributed by atoms with Crippen LogP contribution in [0.3, 0.4) is 0 Å². The summed E-state index contributed by atoms with van der Waals surface area (Å²) in [5.41, 5.74) is 6.17. The topological polar surface area (TPSA) is 79.5 Å². The molecule has 0 unspecified atom stereocenters. The number of thiocarbonyl (C=S) groups is 1. The second-order valence-electron chi connectivity index (χ2n) is 5.93. The zero-order chi connectivity index (χ0) is 17.4. The Morgan fingerprint density at radius 1 is 1.21 bits per heavy atom. The molecule has 1 aliphatic carbocycles. The molecule has 0 saturated heterocycles. The third kappa shape index (κ3) is 6.16. The van der Waals surface area contributed by atoms with E-state index in [1.807, 2.05) is 25.1 Å². The van der Waals surface area contributed by atoms with Crippen LogP contribution in [0.25, 0.3) is 0 Å². The summed E-state index contributed by atoms with van der Waals surface area (Å²) in [6.07, 6.45) is 5.14. The Bertz CT molecular complexity index is 600. The van der Waals surface area contributed by atoms with E-state index in [4.69, 9.17) is 17.0 Å². The molecule has 6 nitrogen and oxygen atoms in total. The van der Waals surface area contributed by atoms with Gasteiger partial charge in [0, 0.05) is 5.92 Å². The summed E-state index contributed by atoms with van der Waals surface area (Å²) in [7, 11) is 0. The number of hydrazine groups is 1. The molecule has 0 aliphatic heterocycles. The Labute approximate surface area is 147 Å². The van der Waals surface area contributed by atoms with Gasteiger partial charge in [-0.2, -0.15) is 0 Å². The van der Waals surface area contributed by atoms with E-state index in [0.717, 1.165) is 31.2 Å². The van der Waals surface area contributed by atoms with Crippen LogP contribution in [0.5, 0.6) is 5.75 Å². The second kappa shape index (κ2) is 9.22. The Kier molecular flexibility index (Phi) is 6.99. The Morgan fingerprint density at radius 2 is 1.96 bits per heavy atom. The van der Waals surface area contributed by atoms with E-state index in [2.05, 4.69) is 16.2 Å². The maximum Gasteiger partial charge on any atom is 0.264 e. The van der Waals surface area contributed by atoms with E-state index in [-0.39, 0.29) is 29.5 Å². The average molecular weight is 349 g/mol. The zero-order valence-corrected chi connectivity index (χ0v) is 14.6. The summed E-state index contributed by atoms with van der Waals surface area (Å²) >= 11 is 4.99. The molecule has 24 heavy (non-hydrogen) atoms. The molecule has 1 aromatic rings. The van der Waals surface area contributed by atoms with Crippen molar-refractivity contribution in [1.82, 2.24) is 16.2 Å². The van der Waals surface area contributed by atoms with Crippen molar-refractivity contribution in [2.45, 2.75) is 39.0 Å². The molecule has 0 radical (unpaired) electrons. The van der Waals surface area contributed by atoms with Gasteiger partial charge < -0.3 is 4.74 Å². The minimum absolute atomic E-state index is 0.0226. The fourth-order valence-corrected chi connectivity index (χ4v) is 2.80. The van der Waals surface area contributed by atoms with Gasteiger partial charge in [0.25, 0.3) is 5.91 Å². The summed E-state index contributed by atoms with van der Waals surface area (Å²) in [5.74, 6) is 0.173. The molecule has 0 atom stereocenters. The van der Waals surface area contributed by atoms with E-state index in [9.17, 15) is 9.59 Å². The first-order valence-corrected chi connectivity index (χ1v) is 8.54. The second-order valence-corrected chi connectivity index (χ2v) is 6.34. The Morgan fingerprint density at radius 3 is 2.67 bits per heavy atom. The molecule has 2 amide bonds. The number of ether oxygens (including phenoxy) is 1. The third-order valence-corrected chi connectivity index (χ3v) is 4.09. The highest BCUT2D eigenvalue weighted by Gasteiger charge is 2.21. The van der Waals surface area contributed by atoms with Crippen molar-refractivity contribution in [3.63, 3.8) is 0 Å². The van der Waals surface area contributed by atoms with Gasteiger partial charge in [0.15, 0.2) is 11.7 Å². The molecule has 3 N–H and O–H groups in total. The minimum atomic E-state index is -0.388. The van der Waals surface area contributed by atoms with Crippen LogP contribution >= 0.6 is 12.2 Å². The largest absolute Gasteiger partial charge is 0.484 e. The van der Waals surface area contributed by atoms with Gasteiger partial charge in [0.05, 0.1) is 0 Å². The molecule has 0 bridgehead atoms. The Hall–Kier alpha value is -2.15. The summed E-state index contributed by atoms with van der Waals surface area (Å²) in [4.78, 5) is 23.7. The smallest absolute Gasteiger partial charge is 0.264 e. The quantitative estimate of drug-likeness (QED) is 0.572. The van der Waals surface area contributed by atoms with E-state index in [1.165, 1.54) is 6.42 Å². The van der Waals surface area contributed by atoms with Gasteiger partial charge in [0.2, 0.25) is 5.91 Å². The molecule has 7 heteroatoms. The summed E-state index contributed by atoms with van der Waals surface area (Å²) in [5, 5.41) is 2.52. The molecular weight excluding hydrogens is 326 g/mol. The van der Waals surface area contributed by atoms with Gasteiger partial charge in [-0.3, -0.25) is 25.8 Å². The fourth-order valence-electron chi connectivity index (χ4n) is 2.63. The standard InChI is InChI=1S/C17H23N3O3S/c1-12-6-5-9-14(10-12)23-11-15(21)18-17(24)20-19-16(22)13-7-3-2-4-8-13/h5-6,9-10,13H,2-4,7-8,11H2,1H3,(H,19,22)(H2,18,20,21,24). The van der Waals surface area contributed by atoms with Crippen molar-refractivity contribution >= 4 is 29.1 Å². The molecule has 0 spiro atoms. The lowest BCUT2D eigenvalue weighted by Gasteiger charge is -2.21. The molecule has 0 heterocycles. The van der Waals surface area contributed by atoms with Crippen molar-refractivity contribution in [3.05, 3.63) is 29.8 Å². The lowest BCUT2D eigenvalue weighted by molar-refractivity contribution is -0.126. The summed E-state index contributed by atoms with van der Waals surface area (Å²) in [6, 6.07) is 7.42. The number of hydrogen-bond donors (Lipinski definition) is 3. The molecular formula is C17H23N3O3S. The summed E-state index contributed by atoms with van der Waals surface area (Å²) < 4.78 is 5.38.